The molecule has 4 rings (SSSR count). The minimum absolute atomic E-state index is 0.362. The number of benzene rings is 3. The van der Waals surface area contributed by atoms with Crippen molar-refractivity contribution < 1.29 is 14.3 Å². The average Bonchev–Trinajstić information content (AvgIpc) is 3.29. The summed E-state index contributed by atoms with van der Waals surface area (Å²) in [5.41, 5.74) is 3.08. The number of rotatable bonds is 7. The fourth-order valence-corrected chi connectivity index (χ4v) is 3.68. The van der Waals surface area contributed by atoms with E-state index >= 15 is 0 Å². The molecule has 0 aliphatic heterocycles. The molecule has 1 amide bonds. The first kappa shape index (κ1) is 24.1. The highest BCUT2D eigenvalue weighted by Crippen LogP contribution is 2.31. The summed E-state index contributed by atoms with van der Waals surface area (Å²) >= 11 is 12.1. The number of carbonyl (C=O) groups is 1. The number of ether oxygens (including phenoxy) is 2. The Kier molecular flexibility index (Phi) is 7.25. The largest absolute Gasteiger partial charge is 0.493 e. The van der Waals surface area contributed by atoms with Crippen LogP contribution in [-0.4, -0.2) is 29.1 Å². The monoisotopic (exact) mass is 506 g/mol. The molecule has 0 radical (unpaired) electrons. The number of nitriles is 1. The van der Waals surface area contributed by atoms with Gasteiger partial charge in [0, 0.05) is 5.02 Å². The molecular weight excluding hydrogens is 487 g/mol. The molecule has 0 fully saturated rings. The molecule has 1 atom stereocenters. The van der Waals surface area contributed by atoms with Gasteiger partial charge in [-0.3, -0.25) is 4.79 Å². The van der Waals surface area contributed by atoms with E-state index in [1.54, 1.807) is 49.4 Å². The van der Waals surface area contributed by atoms with Gasteiger partial charge in [0.25, 0.3) is 5.91 Å². The summed E-state index contributed by atoms with van der Waals surface area (Å²) in [7, 11) is 1.50. The van der Waals surface area contributed by atoms with Gasteiger partial charge in [0.1, 0.15) is 11.9 Å². The lowest BCUT2D eigenvalue weighted by atomic mass is 10.1. The highest BCUT2D eigenvalue weighted by Gasteiger charge is 2.19. The van der Waals surface area contributed by atoms with Crippen LogP contribution in [0.15, 0.2) is 60.7 Å². The number of para-hydroxylation sites is 2. The summed E-state index contributed by atoms with van der Waals surface area (Å²) in [5, 5.41) is 13.2. The van der Waals surface area contributed by atoms with Crippen LogP contribution in [0.3, 0.4) is 0 Å². The van der Waals surface area contributed by atoms with E-state index in [-0.39, 0.29) is 0 Å². The lowest BCUT2D eigenvalue weighted by molar-refractivity contribution is -0.122. The normalized spacial score (nSPS) is 12.1. The number of nitrogens with zero attached hydrogens (tertiary/aromatic N) is 2. The van der Waals surface area contributed by atoms with Crippen molar-refractivity contribution in [2.75, 3.05) is 12.4 Å². The third-order valence-corrected chi connectivity index (χ3v) is 5.69. The van der Waals surface area contributed by atoms with E-state index in [1.807, 2.05) is 24.3 Å². The summed E-state index contributed by atoms with van der Waals surface area (Å²) in [5.74, 6) is 0.836. The Labute approximate surface area is 211 Å². The number of allylic oxidation sites excluding steroid dienone is 1. The number of aromatic amines is 1. The second-order valence-corrected chi connectivity index (χ2v) is 8.40. The Balaban J connectivity index is 1.53. The number of fused-ring (bicyclic) bond motifs is 1. The van der Waals surface area contributed by atoms with Gasteiger partial charge in [0.2, 0.25) is 0 Å². The maximum atomic E-state index is 12.6. The van der Waals surface area contributed by atoms with Gasteiger partial charge in [0.05, 0.1) is 34.4 Å². The number of aromatic nitrogens is 2. The second kappa shape index (κ2) is 10.5. The van der Waals surface area contributed by atoms with Crippen LogP contribution in [0.1, 0.15) is 18.3 Å². The predicted octanol–water partition coefficient (Wildman–Crippen LogP) is 6.35. The summed E-state index contributed by atoms with van der Waals surface area (Å²) in [6.07, 6.45) is 0.840. The fraction of sp³-hybridized carbons (Fsp3) is 0.115. The van der Waals surface area contributed by atoms with Gasteiger partial charge in [-0.25, -0.2) is 4.98 Å². The summed E-state index contributed by atoms with van der Waals surface area (Å²) < 4.78 is 11.3. The first-order valence-electron chi connectivity index (χ1n) is 10.6. The van der Waals surface area contributed by atoms with Crippen LogP contribution in [0.5, 0.6) is 11.5 Å². The van der Waals surface area contributed by atoms with Gasteiger partial charge < -0.3 is 19.8 Å². The van der Waals surface area contributed by atoms with Crippen molar-refractivity contribution >= 4 is 57.5 Å². The minimum Gasteiger partial charge on any atom is -0.493 e. The third-order valence-electron chi connectivity index (χ3n) is 5.12. The van der Waals surface area contributed by atoms with Crippen LogP contribution in [-0.2, 0) is 4.79 Å². The van der Waals surface area contributed by atoms with Gasteiger partial charge in [-0.15, -0.1) is 0 Å². The number of methoxy groups -OCH3 is 1. The molecule has 2 N–H and O–H groups in total. The maximum absolute atomic E-state index is 12.6. The highest BCUT2D eigenvalue weighted by molar-refractivity contribution is 6.35. The van der Waals surface area contributed by atoms with Crippen molar-refractivity contribution in [3.8, 4) is 17.6 Å². The first-order chi connectivity index (χ1) is 16.9. The van der Waals surface area contributed by atoms with Crippen LogP contribution >= 0.6 is 23.2 Å². The molecule has 7 nitrogen and oxygen atoms in total. The standard InChI is InChI=1S/C26H20Cl2N4O3/c1-15(26(33)32-22-13-18(27)8-9-19(22)28)35-23-10-7-16(12-24(23)34-2)11-17(14-29)25-30-20-5-3-4-6-21(20)31-25/h3-13,15H,1-2H3,(H,30,31)(H,32,33)/b17-11+. The summed E-state index contributed by atoms with van der Waals surface area (Å²) in [6.45, 7) is 1.61. The highest BCUT2D eigenvalue weighted by atomic mass is 35.5. The van der Waals surface area contributed by atoms with Crippen LogP contribution in [0.4, 0.5) is 5.69 Å². The van der Waals surface area contributed by atoms with E-state index in [0.29, 0.717) is 44.2 Å². The number of halogens is 2. The van der Waals surface area contributed by atoms with Gasteiger partial charge in [-0.1, -0.05) is 41.4 Å². The summed E-state index contributed by atoms with van der Waals surface area (Å²) in [4.78, 5) is 20.3. The number of H-pyrrole nitrogens is 1. The van der Waals surface area contributed by atoms with Crippen LogP contribution < -0.4 is 14.8 Å². The maximum Gasteiger partial charge on any atom is 0.265 e. The molecule has 1 aromatic heterocycles. The van der Waals surface area contributed by atoms with Gasteiger partial charge in [0.15, 0.2) is 17.6 Å². The van der Waals surface area contributed by atoms with E-state index in [4.69, 9.17) is 32.7 Å². The van der Waals surface area contributed by atoms with Crippen molar-refractivity contribution in [3.05, 3.63) is 82.1 Å². The number of amides is 1. The molecular formula is C26H20Cl2N4O3. The summed E-state index contributed by atoms with van der Waals surface area (Å²) in [6, 6.07) is 19.7. The van der Waals surface area contributed by atoms with Crippen LogP contribution in [0.25, 0.3) is 22.7 Å². The molecule has 0 saturated heterocycles. The average molecular weight is 507 g/mol. The van der Waals surface area contributed by atoms with Crippen molar-refractivity contribution in [2.24, 2.45) is 0 Å². The van der Waals surface area contributed by atoms with E-state index in [9.17, 15) is 10.1 Å². The predicted molar refractivity (Wildman–Crippen MR) is 138 cm³/mol. The second-order valence-electron chi connectivity index (χ2n) is 7.56. The lowest BCUT2D eigenvalue weighted by Crippen LogP contribution is -2.30. The lowest BCUT2D eigenvalue weighted by Gasteiger charge is -2.17. The van der Waals surface area contributed by atoms with E-state index < -0.39 is 12.0 Å². The minimum atomic E-state index is -0.856. The Hall–Kier alpha value is -3.99. The first-order valence-corrected chi connectivity index (χ1v) is 11.3. The van der Waals surface area contributed by atoms with Crippen LogP contribution in [0.2, 0.25) is 10.0 Å². The third kappa shape index (κ3) is 5.57. The Bertz CT molecular complexity index is 1440. The van der Waals surface area contributed by atoms with Crippen molar-refractivity contribution in [1.82, 2.24) is 9.97 Å². The van der Waals surface area contributed by atoms with Gasteiger partial charge in [-0.2, -0.15) is 5.26 Å². The molecule has 35 heavy (non-hydrogen) atoms. The Morgan fingerprint density at radius 3 is 2.69 bits per heavy atom. The van der Waals surface area contributed by atoms with Crippen molar-refractivity contribution in [3.63, 3.8) is 0 Å². The molecule has 0 spiro atoms. The molecule has 0 aliphatic carbocycles. The molecule has 3 aromatic carbocycles. The number of nitrogens with one attached hydrogen (secondary N) is 2. The topological polar surface area (TPSA) is 100 Å². The molecule has 0 saturated carbocycles. The van der Waals surface area contributed by atoms with Gasteiger partial charge >= 0.3 is 0 Å². The fourth-order valence-electron chi connectivity index (χ4n) is 3.34. The van der Waals surface area contributed by atoms with Crippen molar-refractivity contribution in [1.29, 1.82) is 5.26 Å². The zero-order valence-electron chi connectivity index (χ0n) is 18.8. The Morgan fingerprint density at radius 1 is 1.14 bits per heavy atom. The number of anilines is 1. The van der Waals surface area contributed by atoms with Crippen molar-refractivity contribution in [2.45, 2.75) is 13.0 Å². The van der Waals surface area contributed by atoms with Gasteiger partial charge in [-0.05, 0) is 61.0 Å². The molecule has 1 heterocycles. The Morgan fingerprint density at radius 2 is 1.94 bits per heavy atom. The zero-order valence-corrected chi connectivity index (χ0v) is 20.3. The SMILES string of the molecule is COc1cc(/C=C(\C#N)c2nc3ccccc3[nH]2)ccc1OC(C)C(=O)Nc1cc(Cl)ccc1Cl. The van der Waals surface area contributed by atoms with E-state index in [0.717, 1.165) is 11.0 Å². The molecule has 176 valence electrons. The van der Waals surface area contributed by atoms with E-state index in [1.165, 1.54) is 7.11 Å². The molecule has 0 bridgehead atoms. The number of imidazole rings is 1. The quantitative estimate of drug-likeness (QED) is 0.284. The molecule has 9 heteroatoms. The van der Waals surface area contributed by atoms with E-state index in [2.05, 4.69) is 21.4 Å². The molecule has 1 unspecified atom stereocenters. The van der Waals surface area contributed by atoms with Crippen LogP contribution in [0, 0.1) is 11.3 Å². The molecule has 4 aromatic rings. The number of hydrogen-bond acceptors (Lipinski definition) is 5. The number of hydrogen-bond donors (Lipinski definition) is 2. The smallest absolute Gasteiger partial charge is 0.265 e. The molecule has 0 aliphatic rings. The zero-order chi connectivity index (χ0) is 24.9. The number of carbonyl (C=O) groups excluding carboxylic acids is 1.